The fraction of sp³-hybridized carbons (Fsp3) is 0.188. The second-order valence-corrected chi connectivity index (χ2v) is 5.69. The molecule has 0 aliphatic carbocycles. The third kappa shape index (κ3) is 3.25. The van der Waals surface area contributed by atoms with Gasteiger partial charge < -0.3 is 14.9 Å². The van der Waals surface area contributed by atoms with E-state index >= 15 is 0 Å². The predicted octanol–water partition coefficient (Wildman–Crippen LogP) is 3.18. The Morgan fingerprint density at radius 2 is 2.14 bits per heavy atom. The quantitative estimate of drug-likeness (QED) is 0.772. The number of imidazole rings is 1. The van der Waals surface area contributed by atoms with Gasteiger partial charge in [0.15, 0.2) is 0 Å². The highest BCUT2D eigenvalue weighted by atomic mass is 79.9. The van der Waals surface area contributed by atoms with E-state index in [4.69, 9.17) is 10.5 Å². The Kier molecular flexibility index (Phi) is 4.22. The summed E-state index contributed by atoms with van der Waals surface area (Å²) >= 11 is 3.47. The maximum absolute atomic E-state index is 5.91. The van der Waals surface area contributed by atoms with Crippen molar-refractivity contribution in [2.45, 2.75) is 13.0 Å². The molecular weight excluding hydrogens is 330 g/mol. The average molecular weight is 346 g/mol. The molecule has 0 saturated heterocycles. The molecule has 2 heterocycles. The van der Waals surface area contributed by atoms with Crippen LogP contribution in [0.1, 0.15) is 11.3 Å². The maximum atomic E-state index is 5.91. The number of ether oxygens (including phenoxy) is 1. The molecule has 0 bridgehead atoms. The Morgan fingerprint density at radius 1 is 1.24 bits per heavy atom. The Balaban J connectivity index is 1.77. The summed E-state index contributed by atoms with van der Waals surface area (Å²) in [4.78, 5) is 4.53. The minimum absolute atomic E-state index is 0.445. The molecule has 4 nitrogen and oxygen atoms in total. The van der Waals surface area contributed by atoms with Crippen molar-refractivity contribution in [3.8, 4) is 5.75 Å². The van der Waals surface area contributed by atoms with Crippen LogP contribution in [-0.4, -0.2) is 15.9 Å². The fourth-order valence-electron chi connectivity index (χ4n) is 2.25. The van der Waals surface area contributed by atoms with Crippen molar-refractivity contribution in [1.29, 1.82) is 0 Å². The zero-order valence-corrected chi connectivity index (χ0v) is 13.1. The number of fused-ring (bicyclic) bond motifs is 1. The Labute approximate surface area is 131 Å². The largest absolute Gasteiger partial charge is 0.487 e. The van der Waals surface area contributed by atoms with Crippen LogP contribution >= 0.6 is 15.9 Å². The lowest BCUT2D eigenvalue weighted by Crippen LogP contribution is -2.05. The Hall–Kier alpha value is -1.85. The van der Waals surface area contributed by atoms with E-state index in [0.717, 1.165) is 33.5 Å². The van der Waals surface area contributed by atoms with E-state index < -0.39 is 0 Å². The van der Waals surface area contributed by atoms with Crippen molar-refractivity contribution < 1.29 is 4.74 Å². The molecule has 2 aromatic heterocycles. The van der Waals surface area contributed by atoms with Crippen LogP contribution in [0.5, 0.6) is 5.75 Å². The monoisotopic (exact) mass is 345 g/mol. The molecule has 0 saturated carbocycles. The van der Waals surface area contributed by atoms with Crippen molar-refractivity contribution in [1.82, 2.24) is 9.38 Å². The highest BCUT2D eigenvalue weighted by Gasteiger charge is 2.06. The normalized spacial score (nSPS) is 11.0. The van der Waals surface area contributed by atoms with Gasteiger partial charge in [-0.3, -0.25) is 0 Å². The van der Waals surface area contributed by atoms with E-state index in [2.05, 4.69) is 20.9 Å². The molecule has 108 valence electrons. The van der Waals surface area contributed by atoms with Crippen LogP contribution in [0, 0.1) is 0 Å². The van der Waals surface area contributed by atoms with E-state index in [9.17, 15) is 0 Å². The molecule has 2 N–H and O–H groups in total. The third-order valence-corrected chi connectivity index (χ3v) is 3.72. The highest BCUT2D eigenvalue weighted by Crippen LogP contribution is 2.24. The number of nitrogens with two attached hydrogens (primary N) is 1. The number of aromatic nitrogens is 2. The molecule has 3 rings (SSSR count). The van der Waals surface area contributed by atoms with Gasteiger partial charge in [0.25, 0.3) is 0 Å². The molecule has 0 aliphatic heterocycles. The van der Waals surface area contributed by atoms with E-state index in [1.165, 1.54) is 0 Å². The van der Waals surface area contributed by atoms with E-state index in [0.29, 0.717) is 13.2 Å². The van der Waals surface area contributed by atoms with Crippen LogP contribution in [0.2, 0.25) is 0 Å². The summed E-state index contributed by atoms with van der Waals surface area (Å²) in [6.07, 6.45) is 4.75. The molecule has 0 atom stereocenters. The van der Waals surface area contributed by atoms with Gasteiger partial charge in [-0.05, 0) is 48.9 Å². The van der Waals surface area contributed by atoms with Gasteiger partial charge in [0.1, 0.15) is 18.0 Å². The second kappa shape index (κ2) is 6.28. The van der Waals surface area contributed by atoms with Gasteiger partial charge in [-0.2, -0.15) is 0 Å². The standard InChI is InChI=1S/C16H16BrN3O/c17-13-4-5-15(12(9-13)6-7-18)21-11-14-10-20-8-2-1-3-16(20)19-14/h1-5,8-10H,6-7,11,18H2. The zero-order valence-electron chi connectivity index (χ0n) is 11.5. The Morgan fingerprint density at radius 3 is 2.95 bits per heavy atom. The first-order chi connectivity index (χ1) is 10.3. The molecule has 3 aromatic rings. The van der Waals surface area contributed by atoms with Gasteiger partial charge in [0.05, 0.1) is 5.69 Å². The van der Waals surface area contributed by atoms with E-state index in [1.54, 1.807) is 0 Å². The van der Waals surface area contributed by atoms with Crippen LogP contribution in [0.3, 0.4) is 0 Å². The van der Waals surface area contributed by atoms with Crippen molar-refractivity contribution in [2.75, 3.05) is 6.54 Å². The summed E-state index contributed by atoms with van der Waals surface area (Å²) in [7, 11) is 0. The Bertz CT molecular complexity index is 721. The first kappa shape index (κ1) is 14.1. The lowest BCUT2D eigenvalue weighted by Gasteiger charge is -2.10. The molecule has 0 spiro atoms. The summed E-state index contributed by atoms with van der Waals surface area (Å²) in [5.41, 5.74) is 8.59. The minimum atomic E-state index is 0.445. The van der Waals surface area contributed by atoms with Gasteiger partial charge in [0.2, 0.25) is 0 Å². The fourth-order valence-corrected chi connectivity index (χ4v) is 2.66. The molecular formula is C16H16BrN3O. The highest BCUT2D eigenvalue weighted by molar-refractivity contribution is 9.10. The molecule has 0 amide bonds. The summed E-state index contributed by atoms with van der Waals surface area (Å²) in [5.74, 6) is 0.862. The smallest absolute Gasteiger partial charge is 0.137 e. The van der Waals surface area contributed by atoms with Gasteiger partial charge in [0, 0.05) is 16.9 Å². The molecule has 21 heavy (non-hydrogen) atoms. The second-order valence-electron chi connectivity index (χ2n) is 4.78. The predicted molar refractivity (Wildman–Crippen MR) is 86.4 cm³/mol. The molecule has 5 heteroatoms. The average Bonchev–Trinajstić information content (AvgIpc) is 2.89. The number of benzene rings is 1. The minimum Gasteiger partial charge on any atom is -0.487 e. The van der Waals surface area contributed by atoms with E-state index in [1.807, 2.05) is 53.2 Å². The lowest BCUT2D eigenvalue weighted by atomic mass is 10.1. The zero-order chi connectivity index (χ0) is 14.7. The molecule has 0 aliphatic rings. The number of pyridine rings is 1. The number of hydrogen-bond acceptors (Lipinski definition) is 3. The number of rotatable bonds is 5. The van der Waals surface area contributed by atoms with E-state index in [-0.39, 0.29) is 0 Å². The molecule has 0 unspecified atom stereocenters. The van der Waals surface area contributed by atoms with Crippen LogP contribution in [0.25, 0.3) is 5.65 Å². The van der Waals surface area contributed by atoms with Gasteiger partial charge in [-0.25, -0.2) is 4.98 Å². The van der Waals surface area contributed by atoms with Gasteiger partial charge >= 0.3 is 0 Å². The van der Waals surface area contributed by atoms with Crippen LogP contribution in [0.4, 0.5) is 0 Å². The SMILES string of the molecule is NCCc1cc(Br)ccc1OCc1cn2ccccc2n1. The maximum Gasteiger partial charge on any atom is 0.137 e. The van der Waals surface area contributed by atoms with Gasteiger partial charge in [-0.15, -0.1) is 0 Å². The van der Waals surface area contributed by atoms with Crippen molar-refractivity contribution in [2.24, 2.45) is 5.73 Å². The molecule has 1 aromatic carbocycles. The third-order valence-electron chi connectivity index (χ3n) is 3.23. The summed E-state index contributed by atoms with van der Waals surface area (Å²) in [6.45, 7) is 1.04. The topological polar surface area (TPSA) is 52.5 Å². The van der Waals surface area contributed by atoms with Crippen LogP contribution in [-0.2, 0) is 13.0 Å². The van der Waals surface area contributed by atoms with Crippen molar-refractivity contribution in [3.05, 3.63) is 64.5 Å². The number of nitrogens with zero attached hydrogens (tertiary/aromatic N) is 2. The summed E-state index contributed by atoms with van der Waals surface area (Å²) in [6, 6.07) is 11.9. The molecule has 0 fully saturated rings. The summed E-state index contributed by atoms with van der Waals surface area (Å²) < 4.78 is 8.93. The van der Waals surface area contributed by atoms with Crippen LogP contribution < -0.4 is 10.5 Å². The first-order valence-electron chi connectivity index (χ1n) is 6.80. The molecule has 0 radical (unpaired) electrons. The van der Waals surface area contributed by atoms with Crippen molar-refractivity contribution in [3.63, 3.8) is 0 Å². The van der Waals surface area contributed by atoms with Crippen LogP contribution in [0.15, 0.2) is 53.3 Å². The van der Waals surface area contributed by atoms with Gasteiger partial charge in [-0.1, -0.05) is 22.0 Å². The lowest BCUT2D eigenvalue weighted by molar-refractivity contribution is 0.299. The van der Waals surface area contributed by atoms with Crippen molar-refractivity contribution >= 4 is 21.6 Å². The number of halogens is 1. The number of hydrogen-bond donors (Lipinski definition) is 1. The first-order valence-corrected chi connectivity index (χ1v) is 7.59. The summed E-state index contributed by atoms with van der Waals surface area (Å²) in [5, 5.41) is 0.